The van der Waals surface area contributed by atoms with Crippen LogP contribution in [0.2, 0.25) is 0 Å². The molecule has 0 saturated heterocycles. The minimum absolute atomic E-state index is 0.0934. The van der Waals surface area contributed by atoms with E-state index in [1.807, 2.05) is 66.7 Å². The second-order valence-corrected chi connectivity index (χ2v) is 8.90. The number of oxazole rings is 1. The first-order valence-corrected chi connectivity index (χ1v) is 11.3. The predicted molar refractivity (Wildman–Crippen MR) is 118 cm³/mol. The lowest BCUT2D eigenvalue weighted by atomic mass is 9.91. The molecule has 160 valence electrons. The van der Waals surface area contributed by atoms with Crippen molar-refractivity contribution in [2.45, 2.75) is 12.5 Å². The van der Waals surface area contributed by atoms with Gasteiger partial charge < -0.3 is 23.2 Å². The SMILES string of the molecule is COP(=O)(OC)c1nc(C(c2ccccc2)c2ccccc2)oc1NCc1ccco1. The summed E-state index contributed by atoms with van der Waals surface area (Å²) < 4.78 is 35.1. The maximum atomic E-state index is 13.2. The summed E-state index contributed by atoms with van der Waals surface area (Å²) in [5.41, 5.74) is 2.07. The number of nitrogens with one attached hydrogen (secondary N) is 1. The third-order valence-corrected chi connectivity index (χ3v) is 6.67. The van der Waals surface area contributed by atoms with Crippen LogP contribution in [0, 0.1) is 0 Å². The van der Waals surface area contributed by atoms with Gasteiger partial charge in [-0.2, -0.15) is 0 Å². The van der Waals surface area contributed by atoms with Crippen molar-refractivity contribution in [3.8, 4) is 0 Å². The average molecular weight is 438 g/mol. The van der Waals surface area contributed by atoms with Crippen molar-refractivity contribution in [2.75, 3.05) is 19.5 Å². The van der Waals surface area contributed by atoms with E-state index < -0.39 is 7.60 Å². The molecular weight excluding hydrogens is 415 g/mol. The van der Waals surface area contributed by atoms with Crippen LogP contribution in [0.3, 0.4) is 0 Å². The van der Waals surface area contributed by atoms with Gasteiger partial charge in [-0.05, 0) is 23.3 Å². The number of furan rings is 1. The van der Waals surface area contributed by atoms with Crippen LogP contribution in [-0.2, 0) is 20.2 Å². The van der Waals surface area contributed by atoms with Crippen molar-refractivity contribution in [1.82, 2.24) is 4.98 Å². The monoisotopic (exact) mass is 438 g/mol. The van der Waals surface area contributed by atoms with Gasteiger partial charge in [0.2, 0.25) is 17.2 Å². The van der Waals surface area contributed by atoms with Crippen molar-refractivity contribution >= 4 is 18.9 Å². The van der Waals surface area contributed by atoms with Crippen LogP contribution >= 0.6 is 7.60 Å². The fourth-order valence-corrected chi connectivity index (χ4v) is 4.44. The van der Waals surface area contributed by atoms with Crippen LogP contribution in [0.15, 0.2) is 87.9 Å². The van der Waals surface area contributed by atoms with Crippen molar-refractivity contribution in [3.63, 3.8) is 0 Å². The molecule has 0 radical (unpaired) electrons. The molecule has 8 heteroatoms. The molecule has 0 fully saturated rings. The molecule has 0 aliphatic heterocycles. The predicted octanol–water partition coefficient (Wildman–Crippen LogP) is 5.17. The van der Waals surface area contributed by atoms with E-state index in [0.29, 0.717) is 18.2 Å². The molecule has 0 aliphatic rings. The Kier molecular flexibility index (Phi) is 6.37. The molecule has 0 amide bonds. The first-order chi connectivity index (χ1) is 15.1. The minimum atomic E-state index is -3.68. The molecule has 0 bridgehead atoms. The molecule has 0 aliphatic carbocycles. The lowest BCUT2D eigenvalue weighted by Crippen LogP contribution is -2.15. The second kappa shape index (κ2) is 9.35. The quantitative estimate of drug-likeness (QED) is 0.361. The zero-order valence-electron chi connectivity index (χ0n) is 17.2. The molecule has 4 rings (SSSR count). The summed E-state index contributed by atoms with van der Waals surface area (Å²) in [6.45, 7) is 0.323. The van der Waals surface area contributed by atoms with Gasteiger partial charge in [-0.3, -0.25) is 4.57 Å². The van der Waals surface area contributed by atoms with Crippen LogP contribution < -0.4 is 10.8 Å². The molecule has 2 aromatic heterocycles. The van der Waals surface area contributed by atoms with E-state index in [4.69, 9.17) is 17.9 Å². The third-order valence-electron chi connectivity index (χ3n) is 4.88. The van der Waals surface area contributed by atoms with Crippen LogP contribution in [0.1, 0.15) is 28.7 Å². The Morgan fingerprint density at radius 1 is 0.935 bits per heavy atom. The van der Waals surface area contributed by atoms with E-state index in [9.17, 15) is 4.57 Å². The molecule has 0 spiro atoms. The van der Waals surface area contributed by atoms with Gasteiger partial charge in [0.05, 0.1) is 18.7 Å². The highest BCUT2D eigenvalue weighted by Crippen LogP contribution is 2.48. The molecular formula is C23H23N2O5P. The molecule has 0 saturated carbocycles. The van der Waals surface area contributed by atoms with Gasteiger partial charge in [-0.1, -0.05) is 60.7 Å². The lowest BCUT2D eigenvalue weighted by Gasteiger charge is -2.14. The smallest absolute Gasteiger partial charge is 0.384 e. The van der Waals surface area contributed by atoms with Crippen molar-refractivity contribution in [1.29, 1.82) is 0 Å². The number of benzene rings is 2. The van der Waals surface area contributed by atoms with E-state index in [-0.39, 0.29) is 17.2 Å². The number of hydrogen-bond donors (Lipinski definition) is 1. The van der Waals surface area contributed by atoms with Gasteiger partial charge in [0.25, 0.3) is 0 Å². The number of nitrogens with zero attached hydrogens (tertiary/aromatic N) is 1. The lowest BCUT2D eigenvalue weighted by molar-refractivity contribution is 0.286. The summed E-state index contributed by atoms with van der Waals surface area (Å²) in [5, 5.41) is 3.11. The highest BCUT2D eigenvalue weighted by molar-refractivity contribution is 7.62. The van der Waals surface area contributed by atoms with E-state index >= 15 is 0 Å². The maximum Gasteiger partial charge on any atom is 0.384 e. The highest BCUT2D eigenvalue weighted by atomic mass is 31.2. The van der Waals surface area contributed by atoms with Crippen molar-refractivity contribution in [2.24, 2.45) is 0 Å². The van der Waals surface area contributed by atoms with Crippen LogP contribution in [0.25, 0.3) is 0 Å². The number of hydrogen-bond acceptors (Lipinski definition) is 7. The standard InChI is InChI=1S/C23H23N2O5P/c1-27-31(26,28-2)23-22(24-16-19-14-9-15-29-19)30-21(25-23)20(17-10-5-3-6-11-17)18-12-7-4-8-13-18/h3-15,20,24H,16H2,1-2H3. The molecule has 0 atom stereocenters. The Labute approximate surface area is 180 Å². The Bertz CT molecular complexity index is 1100. The Morgan fingerprint density at radius 3 is 2.06 bits per heavy atom. The van der Waals surface area contributed by atoms with Gasteiger partial charge in [0, 0.05) is 14.2 Å². The summed E-state index contributed by atoms with van der Waals surface area (Å²) in [6, 6.07) is 23.4. The molecule has 4 aromatic rings. The van der Waals surface area contributed by atoms with E-state index in [2.05, 4.69) is 10.3 Å². The molecule has 1 N–H and O–H groups in total. The molecule has 2 aromatic carbocycles. The van der Waals surface area contributed by atoms with Crippen LogP contribution in [0.5, 0.6) is 0 Å². The molecule has 0 unspecified atom stereocenters. The van der Waals surface area contributed by atoms with Crippen molar-refractivity contribution < 1.29 is 22.4 Å². The Balaban J connectivity index is 1.81. The summed E-state index contributed by atoms with van der Waals surface area (Å²) in [6.07, 6.45) is 1.58. The topological polar surface area (TPSA) is 86.7 Å². The number of anilines is 1. The normalized spacial score (nSPS) is 11.7. The van der Waals surface area contributed by atoms with E-state index in [0.717, 1.165) is 11.1 Å². The summed E-state index contributed by atoms with van der Waals surface area (Å²) in [7, 11) is -1.04. The first-order valence-electron chi connectivity index (χ1n) is 9.73. The largest absolute Gasteiger partial charge is 0.467 e. The fourth-order valence-electron chi connectivity index (χ4n) is 3.35. The summed E-state index contributed by atoms with van der Waals surface area (Å²) >= 11 is 0. The average Bonchev–Trinajstić information content (AvgIpc) is 3.49. The fraction of sp³-hybridized carbons (Fsp3) is 0.174. The van der Waals surface area contributed by atoms with Gasteiger partial charge in [-0.15, -0.1) is 0 Å². The van der Waals surface area contributed by atoms with Crippen molar-refractivity contribution in [3.05, 3.63) is 102 Å². The first kappa shape index (κ1) is 21.1. The van der Waals surface area contributed by atoms with E-state index in [1.165, 1.54) is 14.2 Å². The maximum absolute atomic E-state index is 13.2. The van der Waals surface area contributed by atoms with Gasteiger partial charge in [0.1, 0.15) is 5.76 Å². The van der Waals surface area contributed by atoms with Gasteiger partial charge >= 0.3 is 7.60 Å². The molecule has 2 heterocycles. The van der Waals surface area contributed by atoms with Gasteiger partial charge in [0.15, 0.2) is 0 Å². The van der Waals surface area contributed by atoms with E-state index in [1.54, 1.807) is 12.3 Å². The van der Waals surface area contributed by atoms with Crippen LogP contribution in [-0.4, -0.2) is 19.2 Å². The Morgan fingerprint density at radius 2 is 1.55 bits per heavy atom. The van der Waals surface area contributed by atoms with Crippen LogP contribution in [0.4, 0.5) is 5.88 Å². The third kappa shape index (κ3) is 4.49. The second-order valence-electron chi connectivity index (χ2n) is 6.75. The summed E-state index contributed by atoms with van der Waals surface area (Å²) in [4.78, 5) is 4.60. The zero-order chi connectivity index (χ0) is 21.7. The number of aromatic nitrogens is 1. The van der Waals surface area contributed by atoms with Gasteiger partial charge in [-0.25, -0.2) is 4.98 Å². The summed E-state index contributed by atoms with van der Waals surface area (Å²) in [5.74, 6) is 0.984. The molecule has 7 nitrogen and oxygen atoms in total. The zero-order valence-corrected chi connectivity index (χ0v) is 18.1. The minimum Gasteiger partial charge on any atom is -0.467 e. The Hall–Kier alpha value is -3.12. The number of rotatable bonds is 9. The highest BCUT2D eigenvalue weighted by Gasteiger charge is 2.36. The molecule has 31 heavy (non-hydrogen) atoms.